The topological polar surface area (TPSA) is 66.4 Å². The summed E-state index contributed by atoms with van der Waals surface area (Å²) >= 11 is 0. The third-order valence-electron chi connectivity index (χ3n) is 4.10. The van der Waals surface area contributed by atoms with E-state index in [1.807, 2.05) is 0 Å². The smallest absolute Gasteiger partial charge is 1.00 e. The van der Waals surface area contributed by atoms with Crippen LogP contribution in [0.5, 0.6) is 0 Å². The average Bonchev–Trinajstić information content (AvgIpc) is 2.56. The summed E-state index contributed by atoms with van der Waals surface area (Å²) in [6.07, 6.45) is 21.1. The fourth-order valence-electron chi connectivity index (χ4n) is 2.62. The Bertz CT molecular complexity index is 352. The first kappa shape index (κ1) is 26.9. The molecule has 0 bridgehead atoms. The Morgan fingerprint density at radius 2 is 1.32 bits per heavy atom. The Labute approximate surface area is 178 Å². The number of amides is 1. The molecule has 142 valence electrons. The number of rotatable bonds is 17. The van der Waals surface area contributed by atoms with Crippen LogP contribution < -0.4 is 34.9 Å². The zero-order chi connectivity index (χ0) is 17.9. The number of hydrogen-bond donors (Lipinski definition) is 2. The van der Waals surface area contributed by atoms with Gasteiger partial charge >= 0.3 is 35.5 Å². The van der Waals surface area contributed by atoms with Crippen molar-refractivity contribution in [3.05, 3.63) is 12.2 Å². The molecule has 25 heavy (non-hydrogen) atoms. The summed E-state index contributed by atoms with van der Waals surface area (Å²) in [5.74, 6) is -1.15. The van der Waals surface area contributed by atoms with Crippen LogP contribution in [0.25, 0.3) is 0 Å². The third kappa shape index (κ3) is 23.7. The van der Waals surface area contributed by atoms with Crippen molar-refractivity contribution in [3.63, 3.8) is 0 Å². The van der Waals surface area contributed by atoms with Gasteiger partial charge in [0, 0.05) is 6.42 Å². The summed E-state index contributed by atoms with van der Waals surface area (Å²) < 4.78 is 0. The first-order valence-corrected chi connectivity index (χ1v) is 9.80. The van der Waals surface area contributed by atoms with E-state index in [4.69, 9.17) is 5.11 Å². The van der Waals surface area contributed by atoms with E-state index in [2.05, 4.69) is 24.4 Å². The summed E-state index contributed by atoms with van der Waals surface area (Å²) in [6, 6.07) is 0. The molecule has 0 aromatic heterocycles. The Hall–Kier alpha value is -0.320. The van der Waals surface area contributed by atoms with Crippen molar-refractivity contribution < 1.29 is 45.7 Å². The van der Waals surface area contributed by atoms with E-state index in [1.165, 1.54) is 57.8 Å². The fourth-order valence-corrected chi connectivity index (χ4v) is 2.62. The molecule has 0 heterocycles. The molecule has 0 aliphatic carbocycles. The van der Waals surface area contributed by atoms with Crippen molar-refractivity contribution in [2.75, 3.05) is 6.54 Å². The molecular weight excluding hydrogens is 325 g/mol. The first-order chi connectivity index (χ1) is 11.7. The van der Waals surface area contributed by atoms with Gasteiger partial charge in [0.1, 0.15) is 6.54 Å². The van der Waals surface area contributed by atoms with Crippen LogP contribution in [0.2, 0.25) is 0 Å². The van der Waals surface area contributed by atoms with Crippen LogP contribution in [0.3, 0.4) is 0 Å². The molecule has 0 saturated heterocycles. The molecule has 0 radical (unpaired) electrons. The monoisotopic (exact) mass is 363 g/mol. The second-order valence-electron chi connectivity index (χ2n) is 6.50. The molecule has 0 saturated carbocycles. The molecule has 5 heteroatoms. The molecule has 0 rings (SSSR count). The van der Waals surface area contributed by atoms with Gasteiger partial charge in [0.25, 0.3) is 0 Å². The summed E-state index contributed by atoms with van der Waals surface area (Å²) in [5.41, 5.74) is 0. The molecule has 0 fully saturated rings. The van der Waals surface area contributed by atoms with Crippen molar-refractivity contribution in [2.24, 2.45) is 0 Å². The van der Waals surface area contributed by atoms with Crippen LogP contribution in [0.1, 0.15) is 98.2 Å². The maximum Gasteiger partial charge on any atom is 1.00 e. The van der Waals surface area contributed by atoms with Gasteiger partial charge in [-0.3, -0.25) is 9.59 Å². The predicted octanol–water partition coefficient (Wildman–Crippen LogP) is 2.34. The van der Waals surface area contributed by atoms with Gasteiger partial charge in [0.2, 0.25) is 5.91 Å². The average molecular weight is 364 g/mol. The van der Waals surface area contributed by atoms with Crippen molar-refractivity contribution >= 4 is 11.9 Å². The number of unbranched alkanes of at least 4 members (excludes halogenated alkanes) is 11. The number of allylic oxidation sites excluding steroid dienone is 2. The van der Waals surface area contributed by atoms with Gasteiger partial charge < -0.3 is 11.8 Å². The van der Waals surface area contributed by atoms with Crippen LogP contribution in [-0.2, 0) is 9.59 Å². The van der Waals surface area contributed by atoms with E-state index in [1.54, 1.807) is 0 Å². The SMILES string of the molecule is CCCCCCCC/C=C/CCCCCCCC(=O)NCC(=O)O.[H-].[Na+]. The molecule has 1 amide bonds. The Kier molecular flexibility index (Phi) is 23.4. The molecule has 0 aliphatic rings. The number of aliphatic carboxylic acids is 1. The van der Waals surface area contributed by atoms with Crippen molar-refractivity contribution in [2.45, 2.75) is 96.8 Å². The minimum Gasteiger partial charge on any atom is -1.00 e. The van der Waals surface area contributed by atoms with E-state index >= 15 is 0 Å². The number of hydrogen-bond acceptors (Lipinski definition) is 2. The van der Waals surface area contributed by atoms with E-state index in [0.29, 0.717) is 6.42 Å². The summed E-state index contributed by atoms with van der Waals surface area (Å²) in [6.45, 7) is 1.98. The number of nitrogens with one attached hydrogen (secondary N) is 1. The predicted molar refractivity (Wildman–Crippen MR) is 101 cm³/mol. The molecule has 0 unspecified atom stereocenters. The van der Waals surface area contributed by atoms with Gasteiger partial charge in [-0.1, -0.05) is 70.4 Å². The van der Waals surface area contributed by atoms with E-state index in [0.717, 1.165) is 25.7 Å². The van der Waals surface area contributed by atoms with E-state index in [9.17, 15) is 9.59 Å². The van der Waals surface area contributed by atoms with Crippen LogP contribution in [0, 0.1) is 0 Å². The van der Waals surface area contributed by atoms with Crippen molar-refractivity contribution in [1.29, 1.82) is 0 Å². The largest absolute Gasteiger partial charge is 1.00 e. The molecule has 4 nitrogen and oxygen atoms in total. The van der Waals surface area contributed by atoms with Crippen LogP contribution in [0.4, 0.5) is 0 Å². The summed E-state index contributed by atoms with van der Waals surface area (Å²) in [5, 5.41) is 10.8. The number of carboxylic acids is 1. The number of carboxylic acid groups (broad SMARTS) is 1. The molecular formula is C20H38NNaO3. The second kappa shape index (κ2) is 21.7. The molecule has 0 aromatic rings. The Morgan fingerprint density at radius 3 is 1.84 bits per heavy atom. The molecule has 2 N–H and O–H groups in total. The Balaban J connectivity index is -0.00000264. The zero-order valence-electron chi connectivity index (χ0n) is 17.5. The van der Waals surface area contributed by atoms with Crippen LogP contribution >= 0.6 is 0 Å². The van der Waals surface area contributed by atoms with E-state index in [-0.39, 0.29) is 43.4 Å². The van der Waals surface area contributed by atoms with Gasteiger partial charge in [0.15, 0.2) is 0 Å². The fraction of sp³-hybridized carbons (Fsp3) is 0.800. The minimum absolute atomic E-state index is 0. The second-order valence-corrected chi connectivity index (χ2v) is 6.50. The van der Waals surface area contributed by atoms with Gasteiger partial charge in [-0.15, -0.1) is 0 Å². The van der Waals surface area contributed by atoms with Gasteiger partial charge in [-0.25, -0.2) is 0 Å². The maximum absolute atomic E-state index is 11.3. The normalized spacial score (nSPS) is 10.6. The van der Waals surface area contributed by atoms with Crippen molar-refractivity contribution in [3.8, 4) is 0 Å². The van der Waals surface area contributed by atoms with Crippen LogP contribution in [-0.4, -0.2) is 23.5 Å². The molecule has 0 spiro atoms. The Morgan fingerprint density at radius 1 is 0.840 bits per heavy atom. The molecule has 0 aromatic carbocycles. The van der Waals surface area contributed by atoms with Gasteiger partial charge in [-0.05, 0) is 32.1 Å². The quantitative estimate of drug-likeness (QED) is 0.237. The minimum atomic E-state index is -0.993. The number of carbonyl (C=O) groups is 2. The van der Waals surface area contributed by atoms with Crippen LogP contribution in [0.15, 0.2) is 12.2 Å². The standard InChI is InChI=1S/C20H37NO3.Na.H/c1-2-3-4-5-6-7-8-9-10-11-12-13-14-15-16-17-19(22)21-18-20(23)24;;/h9-10H,2-8,11-18H2,1H3,(H,21,22)(H,23,24);;/q;+1;-1/b10-9+;;. The van der Waals surface area contributed by atoms with Gasteiger partial charge in [-0.2, -0.15) is 0 Å². The zero-order valence-corrected chi connectivity index (χ0v) is 18.5. The maximum atomic E-state index is 11.3. The third-order valence-corrected chi connectivity index (χ3v) is 4.10. The first-order valence-electron chi connectivity index (χ1n) is 9.80. The molecule has 0 aliphatic heterocycles. The molecule has 0 atom stereocenters. The number of carbonyl (C=O) groups excluding carboxylic acids is 1. The van der Waals surface area contributed by atoms with E-state index < -0.39 is 5.97 Å². The summed E-state index contributed by atoms with van der Waals surface area (Å²) in [4.78, 5) is 21.6. The van der Waals surface area contributed by atoms with Crippen molar-refractivity contribution in [1.82, 2.24) is 5.32 Å². The summed E-state index contributed by atoms with van der Waals surface area (Å²) in [7, 11) is 0. The van der Waals surface area contributed by atoms with Gasteiger partial charge in [0.05, 0.1) is 0 Å².